The molecule has 1 saturated heterocycles. The molecule has 1 fully saturated rings. The van der Waals surface area contributed by atoms with Crippen LogP contribution in [0.1, 0.15) is 5.56 Å². The van der Waals surface area contributed by atoms with Crippen molar-refractivity contribution < 1.29 is 41.7 Å². The molecule has 1 atom stereocenters. The van der Waals surface area contributed by atoms with Gasteiger partial charge < -0.3 is 23.9 Å². The summed E-state index contributed by atoms with van der Waals surface area (Å²) in [5.41, 5.74) is -1.26. The average molecular weight is 520 g/mol. The topological polar surface area (TPSA) is 107 Å². The number of methoxy groups -OCH3 is 1. The SMILES string of the molecule is COCCOCC(=O)OC[C@@H]1CN(c2ccc3cc(-c4ccccc4C(F)(F)F)[nH]c(=O)c3c2)C(=O)O1. The lowest BCUT2D eigenvalue weighted by atomic mass is 10.0. The van der Waals surface area contributed by atoms with Gasteiger partial charge in [0.2, 0.25) is 0 Å². The Kier molecular flexibility index (Phi) is 7.79. The first-order valence-corrected chi connectivity index (χ1v) is 11.2. The molecule has 0 radical (unpaired) electrons. The molecule has 37 heavy (non-hydrogen) atoms. The number of benzene rings is 2. The van der Waals surface area contributed by atoms with E-state index in [0.29, 0.717) is 17.7 Å². The maximum atomic E-state index is 13.4. The number of fused-ring (bicyclic) bond motifs is 1. The van der Waals surface area contributed by atoms with Crippen molar-refractivity contribution >= 4 is 28.5 Å². The fourth-order valence-corrected chi connectivity index (χ4v) is 3.87. The number of aromatic amines is 1. The Hall–Kier alpha value is -3.90. The van der Waals surface area contributed by atoms with Crippen molar-refractivity contribution in [2.75, 3.05) is 45.0 Å². The number of carbonyl (C=O) groups is 2. The van der Waals surface area contributed by atoms with Crippen LogP contribution in [0.3, 0.4) is 0 Å². The smallest absolute Gasteiger partial charge is 0.417 e. The lowest BCUT2D eigenvalue weighted by molar-refractivity contribution is -0.151. The van der Waals surface area contributed by atoms with E-state index < -0.39 is 35.5 Å². The predicted octanol–water partition coefficient (Wildman–Crippen LogP) is 3.75. The Balaban J connectivity index is 1.49. The molecule has 0 spiro atoms. The van der Waals surface area contributed by atoms with Gasteiger partial charge in [-0.15, -0.1) is 0 Å². The second kappa shape index (κ2) is 11.0. The van der Waals surface area contributed by atoms with Gasteiger partial charge in [0.05, 0.1) is 25.3 Å². The van der Waals surface area contributed by atoms with Crippen molar-refractivity contribution in [3.8, 4) is 11.3 Å². The molecule has 196 valence electrons. The number of alkyl halides is 3. The molecule has 0 saturated carbocycles. The minimum atomic E-state index is -4.59. The highest BCUT2D eigenvalue weighted by Crippen LogP contribution is 2.36. The number of aromatic nitrogens is 1. The molecule has 0 aliphatic carbocycles. The molecule has 2 heterocycles. The number of amides is 1. The molecule has 12 heteroatoms. The van der Waals surface area contributed by atoms with Crippen molar-refractivity contribution in [1.29, 1.82) is 0 Å². The van der Waals surface area contributed by atoms with Gasteiger partial charge in [0.25, 0.3) is 5.56 Å². The van der Waals surface area contributed by atoms with E-state index in [1.54, 1.807) is 6.07 Å². The van der Waals surface area contributed by atoms with Gasteiger partial charge in [0.15, 0.2) is 6.10 Å². The van der Waals surface area contributed by atoms with Crippen LogP contribution in [0.2, 0.25) is 0 Å². The Labute approximate surface area is 208 Å². The lowest BCUT2D eigenvalue weighted by Crippen LogP contribution is -2.27. The van der Waals surface area contributed by atoms with E-state index in [1.165, 1.54) is 48.4 Å². The van der Waals surface area contributed by atoms with E-state index in [0.717, 1.165) is 6.07 Å². The van der Waals surface area contributed by atoms with Gasteiger partial charge in [0.1, 0.15) is 13.2 Å². The van der Waals surface area contributed by atoms with E-state index in [1.807, 2.05) is 0 Å². The number of nitrogens with one attached hydrogen (secondary N) is 1. The van der Waals surface area contributed by atoms with Crippen LogP contribution in [0.25, 0.3) is 22.0 Å². The molecule has 3 aromatic rings. The highest BCUT2D eigenvalue weighted by molar-refractivity contribution is 5.94. The normalized spacial score (nSPS) is 15.7. The maximum Gasteiger partial charge on any atom is 0.417 e. The summed E-state index contributed by atoms with van der Waals surface area (Å²) in [6, 6.07) is 11.0. The summed E-state index contributed by atoms with van der Waals surface area (Å²) < 4.78 is 60.5. The number of ether oxygens (including phenoxy) is 4. The summed E-state index contributed by atoms with van der Waals surface area (Å²) in [5, 5.41) is 0.577. The van der Waals surface area contributed by atoms with Crippen molar-refractivity contribution in [3.63, 3.8) is 0 Å². The number of esters is 1. The number of cyclic esters (lactones) is 1. The zero-order valence-electron chi connectivity index (χ0n) is 19.7. The summed E-state index contributed by atoms with van der Waals surface area (Å²) >= 11 is 0. The van der Waals surface area contributed by atoms with Crippen LogP contribution < -0.4 is 10.5 Å². The number of hydrogen-bond acceptors (Lipinski definition) is 7. The third-order valence-corrected chi connectivity index (χ3v) is 5.62. The van der Waals surface area contributed by atoms with Crippen LogP contribution in [-0.4, -0.2) is 63.2 Å². The maximum absolute atomic E-state index is 13.4. The van der Waals surface area contributed by atoms with Gasteiger partial charge in [-0.3, -0.25) is 9.69 Å². The van der Waals surface area contributed by atoms with Crippen molar-refractivity contribution in [3.05, 3.63) is 64.4 Å². The number of anilines is 1. The van der Waals surface area contributed by atoms with Crippen molar-refractivity contribution in [1.82, 2.24) is 4.98 Å². The van der Waals surface area contributed by atoms with Crippen LogP contribution in [0.15, 0.2) is 53.3 Å². The zero-order chi connectivity index (χ0) is 26.6. The number of carbonyl (C=O) groups excluding carboxylic acids is 2. The summed E-state index contributed by atoms with van der Waals surface area (Å²) in [5.74, 6) is -0.620. The van der Waals surface area contributed by atoms with Crippen LogP contribution >= 0.6 is 0 Å². The molecule has 2 aromatic carbocycles. The van der Waals surface area contributed by atoms with E-state index >= 15 is 0 Å². The van der Waals surface area contributed by atoms with Gasteiger partial charge in [-0.2, -0.15) is 13.2 Å². The zero-order valence-corrected chi connectivity index (χ0v) is 19.7. The molecule has 9 nitrogen and oxygen atoms in total. The highest BCUT2D eigenvalue weighted by atomic mass is 19.4. The molecule has 1 N–H and O–H groups in total. The second-order valence-corrected chi connectivity index (χ2v) is 8.17. The van der Waals surface area contributed by atoms with E-state index in [2.05, 4.69) is 4.98 Å². The summed E-state index contributed by atoms with van der Waals surface area (Å²) in [7, 11) is 1.50. The molecular weight excluding hydrogens is 497 g/mol. The number of halogens is 3. The van der Waals surface area contributed by atoms with Crippen LogP contribution in [0.4, 0.5) is 23.7 Å². The Morgan fingerprint density at radius 2 is 1.92 bits per heavy atom. The third kappa shape index (κ3) is 6.09. The third-order valence-electron chi connectivity index (χ3n) is 5.62. The van der Waals surface area contributed by atoms with Gasteiger partial charge in [-0.1, -0.05) is 24.3 Å². The summed E-state index contributed by atoms with van der Waals surface area (Å²) in [6.45, 7) is 0.188. The minimum absolute atomic E-state index is 0.0202. The van der Waals surface area contributed by atoms with E-state index in [-0.39, 0.29) is 43.0 Å². The number of rotatable bonds is 9. The molecule has 1 aromatic heterocycles. The molecule has 1 aliphatic rings. The van der Waals surface area contributed by atoms with E-state index in [9.17, 15) is 27.6 Å². The van der Waals surface area contributed by atoms with Crippen molar-refractivity contribution in [2.24, 2.45) is 0 Å². The fourth-order valence-electron chi connectivity index (χ4n) is 3.87. The average Bonchev–Trinajstić information content (AvgIpc) is 3.25. The molecule has 1 aliphatic heterocycles. The number of H-pyrrole nitrogens is 1. The number of pyridine rings is 1. The van der Waals surface area contributed by atoms with Gasteiger partial charge in [0, 0.05) is 29.4 Å². The van der Waals surface area contributed by atoms with Gasteiger partial charge in [-0.25, -0.2) is 9.59 Å². The minimum Gasteiger partial charge on any atom is -0.460 e. The Morgan fingerprint density at radius 1 is 1.14 bits per heavy atom. The standard InChI is InChI=1S/C25H23F3N2O7/c1-34-8-9-35-14-22(31)36-13-17-12-30(24(33)37-17)16-7-6-15-10-21(29-23(32)19(15)11-16)18-4-2-3-5-20(18)25(26,27)28/h2-7,10-11,17H,8-9,12-14H2,1H3,(H,29,32)/t17-/m0/s1. The molecular formula is C25H23F3N2O7. The lowest BCUT2D eigenvalue weighted by Gasteiger charge is -2.15. The van der Waals surface area contributed by atoms with Crippen LogP contribution in [0.5, 0.6) is 0 Å². The first kappa shape index (κ1) is 26.2. The predicted molar refractivity (Wildman–Crippen MR) is 126 cm³/mol. The molecule has 0 bridgehead atoms. The van der Waals surface area contributed by atoms with Crippen LogP contribution in [0, 0.1) is 0 Å². The number of nitrogens with zero attached hydrogens (tertiary/aromatic N) is 1. The quantitative estimate of drug-likeness (QED) is 0.338. The fraction of sp³-hybridized carbons (Fsp3) is 0.320. The Bertz CT molecular complexity index is 1360. The Morgan fingerprint density at radius 3 is 2.68 bits per heavy atom. The number of hydrogen-bond donors (Lipinski definition) is 1. The first-order chi connectivity index (χ1) is 17.7. The molecule has 1 amide bonds. The largest absolute Gasteiger partial charge is 0.460 e. The molecule has 4 rings (SSSR count). The van der Waals surface area contributed by atoms with Gasteiger partial charge >= 0.3 is 18.2 Å². The van der Waals surface area contributed by atoms with Gasteiger partial charge in [-0.05, 0) is 29.7 Å². The van der Waals surface area contributed by atoms with E-state index in [4.69, 9.17) is 18.9 Å². The first-order valence-electron chi connectivity index (χ1n) is 11.2. The second-order valence-electron chi connectivity index (χ2n) is 8.17. The van der Waals surface area contributed by atoms with Crippen LogP contribution in [-0.2, 0) is 29.9 Å². The summed E-state index contributed by atoms with van der Waals surface area (Å²) in [6.07, 6.45) is -6.01. The van der Waals surface area contributed by atoms with Crippen molar-refractivity contribution in [2.45, 2.75) is 12.3 Å². The monoisotopic (exact) mass is 520 g/mol. The molecule has 0 unspecified atom stereocenters. The highest BCUT2D eigenvalue weighted by Gasteiger charge is 2.35. The summed E-state index contributed by atoms with van der Waals surface area (Å²) in [4.78, 5) is 40.7.